The fourth-order valence-electron chi connectivity index (χ4n) is 12.3. The molecule has 14 rings (SSSR count). The van der Waals surface area contributed by atoms with E-state index in [1.807, 2.05) is 44.2 Å². The first-order valence-electron chi connectivity index (χ1n) is 33.3. The van der Waals surface area contributed by atoms with Crippen LogP contribution >= 0.6 is 34.0 Å². The summed E-state index contributed by atoms with van der Waals surface area (Å²) in [6.45, 7) is 10.1. The third-order valence-electron chi connectivity index (χ3n) is 17.6. The maximum absolute atomic E-state index is 13.5. The zero-order valence-corrected chi connectivity index (χ0v) is 63.1. The molecule has 109 heavy (non-hydrogen) atoms. The number of carbonyl (C=O) groups excluding carboxylic acids is 4. The van der Waals surface area contributed by atoms with Crippen LogP contribution in [-0.4, -0.2) is 206 Å². The Morgan fingerprint density at radius 1 is 0.495 bits per heavy atom. The van der Waals surface area contributed by atoms with Gasteiger partial charge in [-0.05, 0) is 106 Å². The molecule has 0 bridgehead atoms. The van der Waals surface area contributed by atoms with Crippen molar-refractivity contribution in [2.75, 3.05) is 162 Å². The Morgan fingerprint density at radius 2 is 0.844 bits per heavy atom. The fourth-order valence-corrected chi connectivity index (χ4v) is 15.8. The van der Waals surface area contributed by atoms with Crippen LogP contribution in [0.15, 0.2) is 79.3 Å². The van der Waals surface area contributed by atoms with Crippen molar-refractivity contribution in [1.82, 2.24) is 59.8 Å². The highest BCUT2D eigenvalue weighted by Gasteiger charge is 2.44. The third-order valence-corrected chi connectivity index (χ3v) is 22.0. The second-order valence-electron chi connectivity index (χ2n) is 25.5. The summed E-state index contributed by atoms with van der Waals surface area (Å²) >= 11 is 3.60. The number of alkyl halides is 9. The van der Waals surface area contributed by atoms with Gasteiger partial charge in [0.2, 0.25) is 27.9 Å². The molecule has 4 amide bonds. The second-order valence-corrected chi connectivity index (χ2v) is 31.0. The SMILES string of the molecule is CNC(=O)c1ccc(Nc2ncc3c(n2)N(C)c2sc(C)nc2C(=O)N3CC(F)(F)F)cc1.Cc1nc2c(s1)N(C)c1nc(Nc3ccc(N4CCN(S(C)(=O)=O)CC4)cc3C)ncc1N(CC(F)(F)F)C2=O.Cc1nc2c(s1)N(C)c1nc(Nc3ccc(N4CCNCC4)cc3C)ncc1N(CC(F)(F)F)C2=O. The summed E-state index contributed by atoms with van der Waals surface area (Å²) in [7, 11) is 3.19. The van der Waals surface area contributed by atoms with Crippen molar-refractivity contribution in [1.29, 1.82) is 0 Å². The zero-order chi connectivity index (χ0) is 78.5. The number of thiazole rings is 3. The first kappa shape index (κ1) is 77.9. The van der Waals surface area contributed by atoms with Crippen LogP contribution in [0.2, 0.25) is 0 Å². The molecule has 29 nitrogen and oxygen atoms in total. The Hall–Kier alpha value is -10.7. The first-order chi connectivity index (χ1) is 51.4. The van der Waals surface area contributed by atoms with E-state index in [4.69, 9.17) is 0 Å². The minimum atomic E-state index is -4.64. The van der Waals surface area contributed by atoms with Gasteiger partial charge in [-0.25, -0.2) is 38.3 Å². The lowest BCUT2D eigenvalue weighted by Crippen LogP contribution is -2.48. The summed E-state index contributed by atoms with van der Waals surface area (Å²) in [6, 6.07) is 18.2. The van der Waals surface area contributed by atoms with E-state index >= 15 is 0 Å². The predicted octanol–water partition coefficient (Wildman–Crippen LogP) is 11.3. The average Bonchev–Trinajstić information content (AvgIpc) is 1.66. The maximum Gasteiger partial charge on any atom is 0.406 e. The lowest BCUT2D eigenvalue weighted by molar-refractivity contribution is -0.119. The summed E-state index contributed by atoms with van der Waals surface area (Å²) in [4.78, 5) is 100. The number of carbonyl (C=O) groups is 4. The lowest BCUT2D eigenvalue weighted by atomic mass is 10.1. The molecule has 42 heteroatoms. The van der Waals surface area contributed by atoms with Crippen LogP contribution in [0.4, 0.5) is 135 Å². The number of fused-ring (bicyclic) bond motifs is 6. The van der Waals surface area contributed by atoms with Crippen molar-refractivity contribution in [3.8, 4) is 0 Å². The molecule has 2 saturated heterocycles. The van der Waals surface area contributed by atoms with Crippen LogP contribution in [0.3, 0.4) is 0 Å². The van der Waals surface area contributed by atoms with Gasteiger partial charge in [-0.15, -0.1) is 34.0 Å². The molecule has 6 aromatic heterocycles. The predicted molar refractivity (Wildman–Crippen MR) is 400 cm³/mol. The molecule has 0 saturated carbocycles. The molecule has 0 atom stereocenters. The summed E-state index contributed by atoms with van der Waals surface area (Å²) in [5.41, 5.74) is 6.05. The molecule has 576 valence electrons. The van der Waals surface area contributed by atoms with E-state index in [0.717, 1.165) is 54.4 Å². The van der Waals surface area contributed by atoms with Gasteiger partial charge in [0.25, 0.3) is 23.6 Å². The van der Waals surface area contributed by atoms with Crippen molar-refractivity contribution < 1.29 is 67.1 Å². The Kier molecular flexibility index (Phi) is 22.0. The number of nitrogens with one attached hydrogen (secondary N) is 5. The average molecular weight is 1590 g/mol. The lowest BCUT2D eigenvalue weighted by Gasteiger charge is -2.35. The molecule has 0 radical (unpaired) electrons. The van der Waals surface area contributed by atoms with Crippen molar-refractivity contribution in [3.05, 3.63) is 128 Å². The monoisotopic (exact) mass is 1590 g/mol. The van der Waals surface area contributed by atoms with Gasteiger partial charge in [0.05, 0.1) is 39.9 Å². The van der Waals surface area contributed by atoms with Crippen LogP contribution in [0.25, 0.3) is 0 Å². The van der Waals surface area contributed by atoms with Crippen molar-refractivity contribution in [3.63, 3.8) is 0 Å². The normalized spacial score (nSPS) is 15.4. The van der Waals surface area contributed by atoms with E-state index < -0.39 is 65.9 Å². The first-order valence-corrected chi connectivity index (χ1v) is 37.6. The van der Waals surface area contributed by atoms with Crippen molar-refractivity contribution in [2.45, 2.75) is 53.1 Å². The number of aromatic nitrogens is 9. The number of sulfonamides is 1. The van der Waals surface area contributed by atoms with Gasteiger partial charge >= 0.3 is 18.5 Å². The number of piperazine rings is 2. The molecule has 5 aliphatic rings. The van der Waals surface area contributed by atoms with E-state index in [-0.39, 0.29) is 75.3 Å². The number of halogens is 9. The number of hydrogen-bond donors (Lipinski definition) is 5. The summed E-state index contributed by atoms with van der Waals surface area (Å²) in [5.74, 6) is -1.91. The van der Waals surface area contributed by atoms with Gasteiger partial charge in [-0.1, -0.05) is 0 Å². The van der Waals surface area contributed by atoms with Gasteiger partial charge in [0.1, 0.15) is 51.7 Å². The molecule has 5 aliphatic heterocycles. The molecular weight excluding hydrogens is 1520 g/mol. The highest BCUT2D eigenvalue weighted by molar-refractivity contribution is 7.88. The van der Waals surface area contributed by atoms with Crippen LogP contribution in [0, 0.1) is 34.6 Å². The Balaban J connectivity index is 0.000000153. The Morgan fingerprint density at radius 3 is 1.17 bits per heavy atom. The van der Waals surface area contributed by atoms with E-state index in [2.05, 4.69) is 87.3 Å². The summed E-state index contributed by atoms with van der Waals surface area (Å²) in [5, 5.41) is 18.0. The molecule has 5 N–H and O–H groups in total. The standard InChI is InChI=1S/C24H27F3N8O3S2.C23H25F3N8OS.C20H18F3N7O2S/c1-14-11-16(33-7-9-34(10-8-33)40(4,37)38)5-6-17(14)30-23-28-12-18-20(31-23)32(3)22-19(29-15(2)39-22)21(36)35(18)13-24(25,26)27;1-13-10-15(33-8-6-27-7-9-33)4-5-16(13)30-22-28-11-17-19(31-22)32(3)21-18(29-14(2)36-21)20(35)34(17)12-23(24,25)26;1-10-26-14-17(32)30(9-20(21,22)23)13-8-25-19(28-15(13)29(3)18(14)33-10)27-12-6-4-11(5-7-12)16(31)24-2/h5-6,11-12H,7-10,13H2,1-4H3,(H,28,30,31);4-5,10-11,27H,6-9,12H2,1-3H3,(H,28,30,31);4-8H,9H2,1-3H3,(H,24,31)(H,25,27,28). The highest BCUT2D eigenvalue weighted by Crippen LogP contribution is 2.47. The molecule has 0 spiro atoms. The van der Waals surface area contributed by atoms with Crippen LogP contribution in [0.1, 0.15) is 68.0 Å². The molecule has 11 heterocycles. The number of benzene rings is 3. The maximum atomic E-state index is 13.5. The largest absolute Gasteiger partial charge is 0.406 e. The minimum Gasteiger partial charge on any atom is -0.369 e. The summed E-state index contributed by atoms with van der Waals surface area (Å²) in [6.07, 6.45) is -9.05. The van der Waals surface area contributed by atoms with Crippen LogP contribution < -0.4 is 65.8 Å². The highest BCUT2D eigenvalue weighted by atomic mass is 32.2. The number of amides is 4. The van der Waals surface area contributed by atoms with E-state index in [1.165, 1.54) is 75.1 Å². The zero-order valence-electron chi connectivity index (χ0n) is 59.8. The molecule has 0 aliphatic carbocycles. The second kappa shape index (κ2) is 30.8. The van der Waals surface area contributed by atoms with Gasteiger partial charge in [-0.3, -0.25) is 33.9 Å². The van der Waals surface area contributed by atoms with Crippen LogP contribution in [-0.2, 0) is 10.0 Å². The number of nitrogens with zero attached hydrogens (tertiary/aromatic N) is 18. The van der Waals surface area contributed by atoms with Gasteiger partial charge in [0.15, 0.2) is 34.5 Å². The number of anilines is 17. The molecule has 2 fully saturated rings. The quantitative estimate of drug-likeness (QED) is 0.0670. The van der Waals surface area contributed by atoms with Gasteiger partial charge in [-0.2, -0.15) is 58.8 Å². The molecular formula is C67H70F9N23O6S4. The smallest absolute Gasteiger partial charge is 0.369 e. The molecule has 9 aromatic rings. The Bertz CT molecular complexity index is 5090. The van der Waals surface area contributed by atoms with Gasteiger partial charge in [0, 0.05) is 115 Å². The fraction of sp³-hybridized carbons (Fsp3) is 0.358. The van der Waals surface area contributed by atoms with Gasteiger partial charge < -0.3 is 51.1 Å². The number of rotatable bonds is 13. The van der Waals surface area contributed by atoms with E-state index in [1.54, 1.807) is 76.0 Å². The minimum absolute atomic E-state index is 0.0287. The number of aryl methyl sites for hydroxylation is 5. The topological polar surface area (TPSA) is 308 Å². The molecule has 0 unspecified atom stereocenters. The summed E-state index contributed by atoms with van der Waals surface area (Å²) < 4.78 is 146. The number of hydrogen-bond acceptors (Lipinski definition) is 27. The molecule has 3 aromatic carbocycles. The van der Waals surface area contributed by atoms with E-state index in [0.29, 0.717) is 87.8 Å². The van der Waals surface area contributed by atoms with E-state index in [9.17, 15) is 67.1 Å². The van der Waals surface area contributed by atoms with Crippen molar-refractivity contribution in [2.24, 2.45) is 0 Å². The van der Waals surface area contributed by atoms with Crippen molar-refractivity contribution >= 4 is 163 Å². The third kappa shape index (κ3) is 17.4. The van der Waals surface area contributed by atoms with Crippen LogP contribution in [0.5, 0.6) is 0 Å². The Labute approximate surface area is 629 Å².